The van der Waals surface area contributed by atoms with Gasteiger partial charge in [0.15, 0.2) is 12.4 Å². The normalized spacial score (nSPS) is 48.4. The van der Waals surface area contributed by atoms with E-state index in [-0.39, 0.29) is 40.4 Å². The SMILES string of the molecule is CC(C)CCCC(C)C1C(O)CC2C3CC(OS(=O)(=O)O)C4CC(OC5OC(C(=O)O)C(O)C(O)C5O)CCC4(C)C3CCC21C. The van der Waals surface area contributed by atoms with Crippen LogP contribution < -0.4 is 0 Å². The van der Waals surface area contributed by atoms with Gasteiger partial charge in [-0.1, -0.05) is 53.9 Å². The van der Waals surface area contributed by atoms with Crippen LogP contribution in [0.2, 0.25) is 0 Å². The lowest BCUT2D eigenvalue weighted by Gasteiger charge is -2.62. The lowest BCUT2D eigenvalue weighted by Crippen LogP contribution is -2.62. The molecular formula is C33H56O12S. The molecule has 5 aliphatic rings. The molecular weight excluding hydrogens is 620 g/mol. The summed E-state index contributed by atoms with van der Waals surface area (Å²) in [6, 6.07) is 0. The highest BCUT2D eigenvalue weighted by molar-refractivity contribution is 7.80. The van der Waals surface area contributed by atoms with Gasteiger partial charge in [-0.3, -0.25) is 4.55 Å². The first kappa shape index (κ1) is 36.4. The summed E-state index contributed by atoms with van der Waals surface area (Å²) in [7, 11) is -4.79. The van der Waals surface area contributed by atoms with E-state index in [1.807, 2.05) is 0 Å². The minimum Gasteiger partial charge on any atom is -0.479 e. The summed E-state index contributed by atoms with van der Waals surface area (Å²) in [5, 5.41) is 51.8. The molecule has 0 aromatic heterocycles. The van der Waals surface area contributed by atoms with Crippen molar-refractivity contribution in [1.29, 1.82) is 0 Å². The third-order valence-corrected chi connectivity index (χ3v) is 13.6. The summed E-state index contributed by atoms with van der Waals surface area (Å²) in [5.41, 5.74) is -0.457. The molecule has 4 saturated carbocycles. The third kappa shape index (κ3) is 6.79. The maximum atomic E-state index is 12.2. The van der Waals surface area contributed by atoms with Crippen molar-refractivity contribution < 1.29 is 57.0 Å². The van der Waals surface area contributed by atoms with Crippen molar-refractivity contribution in [3.63, 3.8) is 0 Å². The van der Waals surface area contributed by atoms with Gasteiger partial charge >= 0.3 is 16.4 Å². The molecule has 266 valence electrons. The van der Waals surface area contributed by atoms with Gasteiger partial charge in [0.25, 0.3) is 0 Å². The Hall–Kier alpha value is -0.900. The highest BCUT2D eigenvalue weighted by Crippen LogP contribution is 2.69. The van der Waals surface area contributed by atoms with E-state index in [9.17, 15) is 43.3 Å². The number of fused-ring (bicyclic) bond motifs is 5. The van der Waals surface area contributed by atoms with Crippen molar-refractivity contribution in [2.75, 3.05) is 0 Å². The summed E-state index contributed by atoms with van der Waals surface area (Å²) < 4.78 is 51.1. The monoisotopic (exact) mass is 676 g/mol. The Balaban J connectivity index is 1.36. The first-order valence-corrected chi connectivity index (χ1v) is 18.7. The fourth-order valence-corrected chi connectivity index (χ4v) is 11.6. The van der Waals surface area contributed by atoms with E-state index in [1.54, 1.807) is 0 Å². The molecule has 5 fully saturated rings. The standard InChI is InChI=1S/C33H56O12S/c1-16(2)7-6-8-17(3)25-23(34)15-21-19-14-24(45-46(40,41)42)22-13-18(9-11-32(22,4)20(19)10-12-33(21,25)5)43-31-28(37)26(35)27(36)29(44-31)30(38)39/h16-29,31,34-37H,6-15H2,1-5H3,(H,38,39)(H,40,41,42). The fraction of sp³-hybridized carbons (Fsp3) is 0.970. The van der Waals surface area contributed by atoms with Crippen LogP contribution in [0.4, 0.5) is 0 Å². The molecule has 16 unspecified atom stereocenters. The van der Waals surface area contributed by atoms with Crippen LogP contribution in [0.25, 0.3) is 0 Å². The molecule has 0 amide bonds. The van der Waals surface area contributed by atoms with Crippen molar-refractivity contribution in [2.45, 2.75) is 148 Å². The van der Waals surface area contributed by atoms with E-state index < -0.39 is 65.4 Å². The van der Waals surface area contributed by atoms with E-state index in [0.29, 0.717) is 43.9 Å². The average molecular weight is 677 g/mol. The molecule has 13 heteroatoms. The number of rotatable bonds is 10. The van der Waals surface area contributed by atoms with Gasteiger partial charge in [-0.2, -0.15) is 8.42 Å². The lowest BCUT2D eigenvalue weighted by atomic mass is 9.43. The predicted molar refractivity (Wildman–Crippen MR) is 165 cm³/mol. The first-order valence-electron chi connectivity index (χ1n) is 17.3. The van der Waals surface area contributed by atoms with Crippen molar-refractivity contribution in [2.24, 2.45) is 52.3 Å². The van der Waals surface area contributed by atoms with Gasteiger partial charge in [0.05, 0.1) is 18.3 Å². The second-order valence-corrected chi connectivity index (χ2v) is 17.3. The number of aliphatic hydroxyl groups is 4. The number of carboxylic acids is 1. The van der Waals surface area contributed by atoms with Crippen LogP contribution in [0.15, 0.2) is 0 Å². The number of carbonyl (C=O) groups is 1. The van der Waals surface area contributed by atoms with Crippen molar-refractivity contribution in [1.82, 2.24) is 0 Å². The molecule has 46 heavy (non-hydrogen) atoms. The van der Waals surface area contributed by atoms with E-state index in [0.717, 1.165) is 32.1 Å². The van der Waals surface area contributed by atoms with Crippen LogP contribution in [0.1, 0.15) is 98.8 Å². The summed E-state index contributed by atoms with van der Waals surface area (Å²) in [5.74, 6) is -0.164. The molecule has 0 bridgehead atoms. The van der Waals surface area contributed by atoms with Gasteiger partial charge in [0.1, 0.15) is 18.3 Å². The average Bonchev–Trinajstić information content (AvgIpc) is 3.22. The van der Waals surface area contributed by atoms with Crippen molar-refractivity contribution in [3.8, 4) is 0 Å². The summed E-state index contributed by atoms with van der Waals surface area (Å²) in [6.07, 6.45) is -2.69. The number of aliphatic carboxylic acids is 1. The van der Waals surface area contributed by atoms with Crippen LogP contribution in [-0.4, -0.2) is 93.5 Å². The van der Waals surface area contributed by atoms with Gasteiger partial charge in [-0.15, -0.1) is 0 Å². The summed E-state index contributed by atoms with van der Waals surface area (Å²) in [4.78, 5) is 11.6. The van der Waals surface area contributed by atoms with Gasteiger partial charge in [-0.25, -0.2) is 8.98 Å². The van der Waals surface area contributed by atoms with Crippen LogP contribution in [0.3, 0.4) is 0 Å². The van der Waals surface area contributed by atoms with Gasteiger partial charge in [0, 0.05) is 0 Å². The number of hydrogen-bond acceptors (Lipinski definition) is 10. The lowest BCUT2D eigenvalue weighted by molar-refractivity contribution is -0.311. The minimum atomic E-state index is -4.79. The van der Waals surface area contributed by atoms with Crippen LogP contribution in [0.5, 0.6) is 0 Å². The molecule has 4 aliphatic carbocycles. The van der Waals surface area contributed by atoms with Gasteiger partial charge < -0.3 is 35.0 Å². The van der Waals surface area contributed by atoms with E-state index in [4.69, 9.17) is 13.7 Å². The molecule has 5 rings (SSSR count). The predicted octanol–water partition coefficient (Wildman–Crippen LogP) is 3.15. The summed E-state index contributed by atoms with van der Waals surface area (Å²) >= 11 is 0. The molecule has 1 aliphatic heterocycles. The Morgan fingerprint density at radius 2 is 1.57 bits per heavy atom. The number of carboxylic acid groups (broad SMARTS) is 1. The highest BCUT2D eigenvalue weighted by Gasteiger charge is 2.65. The van der Waals surface area contributed by atoms with Crippen LogP contribution >= 0.6 is 0 Å². The van der Waals surface area contributed by atoms with Crippen LogP contribution in [-0.2, 0) is 28.9 Å². The third-order valence-electron chi connectivity index (χ3n) is 13.2. The number of ether oxygens (including phenoxy) is 2. The minimum absolute atomic E-state index is 0.0927. The zero-order valence-corrected chi connectivity index (χ0v) is 28.6. The van der Waals surface area contributed by atoms with Gasteiger partial charge in [0.2, 0.25) is 0 Å². The number of aliphatic hydroxyl groups excluding tert-OH is 4. The van der Waals surface area contributed by atoms with E-state index in [1.165, 1.54) is 0 Å². The number of hydrogen-bond donors (Lipinski definition) is 6. The molecule has 0 spiro atoms. The molecule has 16 atom stereocenters. The van der Waals surface area contributed by atoms with E-state index >= 15 is 0 Å². The van der Waals surface area contributed by atoms with Gasteiger partial charge in [-0.05, 0) is 97.2 Å². The molecule has 0 radical (unpaired) electrons. The molecule has 0 aromatic carbocycles. The molecule has 1 saturated heterocycles. The molecule has 12 nitrogen and oxygen atoms in total. The Morgan fingerprint density at radius 3 is 2.20 bits per heavy atom. The first-order chi connectivity index (χ1) is 21.4. The Labute approximate surface area is 273 Å². The Kier molecular flexibility index (Phi) is 10.6. The zero-order chi connectivity index (χ0) is 33.9. The largest absolute Gasteiger partial charge is 0.479 e. The van der Waals surface area contributed by atoms with Crippen molar-refractivity contribution >= 4 is 16.4 Å². The zero-order valence-electron chi connectivity index (χ0n) is 27.8. The second-order valence-electron chi connectivity index (χ2n) is 16.2. The van der Waals surface area contributed by atoms with Crippen LogP contribution in [0, 0.1) is 52.3 Å². The topological polar surface area (TPSA) is 200 Å². The second kappa shape index (κ2) is 13.4. The fourth-order valence-electron chi connectivity index (χ4n) is 11.1. The van der Waals surface area contributed by atoms with Crippen molar-refractivity contribution in [3.05, 3.63) is 0 Å². The maximum absolute atomic E-state index is 12.2. The molecule has 1 heterocycles. The highest BCUT2D eigenvalue weighted by atomic mass is 32.3. The maximum Gasteiger partial charge on any atom is 0.397 e. The Morgan fingerprint density at radius 1 is 0.891 bits per heavy atom. The summed E-state index contributed by atoms with van der Waals surface area (Å²) in [6.45, 7) is 11.2. The smallest absolute Gasteiger partial charge is 0.397 e. The Bertz CT molecular complexity index is 1200. The van der Waals surface area contributed by atoms with E-state index in [2.05, 4.69) is 34.6 Å². The molecule has 6 N–H and O–H groups in total. The molecule has 0 aromatic rings. The quantitative estimate of drug-likeness (QED) is 0.146.